The minimum Gasteiger partial charge on any atom is -0.356 e. The summed E-state index contributed by atoms with van der Waals surface area (Å²) in [6, 6.07) is -0.0200. The largest absolute Gasteiger partial charge is 0.356 e. The summed E-state index contributed by atoms with van der Waals surface area (Å²) >= 11 is 0. The summed E-state index contributed by atoms with van der Waals surface area (Å²) in [6.07, 6.45) is 2.96. The number of carbonyl (C=O) groups is 2. The summed E-state index contributed by atoms with van der Waals surface area (Å²) in [4.78, 5) is 23.0. The maximum absolute atomic E-state index is 11.5. The first-order valence-corrected chi connectivity index (χ1v) is 6.61. The molecule has 0 heterocycles. The predicted molar refractivity (Wildman–Crippen MR) is 70.8 cm³/mol. The van der Waals surface area contributed by atoms with E-state index in [1.807, 2.05) is 20.8 Å². The molecule has 0 saturated heterocycles. The van der Waals surface area contributed by atoms with Gasteiger partial charge in [0.1, 0.15) is 0 Å². The molecule has 1 rings (SSSR count). The Balaban J connectivity index is 2.09. The number of hydrogen-bond acceptors (Lipinski definition) is 3. The molecule has 0 radical (unpaired) electrons. The smallest absolute Gasteiger partial charge is 0.222 e. The zero-order valence-corrected chi connectivity index (χ0v) is 11.6. The Morgan fingerprint density at radius 1 is 1.28 bits per heavy atom. The fourth-order valence-corrected chi connectivity index (χ4v) is 1.77. The van der Waals surface area contributed by atoms with Crippen LogP contribution in [0.5, 0.6) is 0 Å². The van der Waals surface area contributed by atoms with Gasteiger partial charge < -0.3 is 16.4 Å². The van der Waals surface area contributed by atoms with Crippen molar-refractivity contribution in [1.82, 2.24) is 10.6 Å². The van der Waals surface area contributed by atoms with Crippen LogP contribution in [-0.4, -0.2) is 29.9 Å². The molecule has 1 fully saturated rings. The van der Waals surface area contributed by atoms with Crippen LogP contribution in [0.3, 0.4) is 0 Å². The number of amides is 2. The molecule has 1 atom stereocenters. The Morgan fingerprint density at radius 2 is 1.89 bits per heavy atom. The van der Waals surface area contributed by atoms with Crippen LogP contribution in [0.4, 0.5) is 0 Å². The first-order chi connectivity index (χ1) is 8.28. The van der Waals surface area contributed by atoms with Gasteiger partial charge in [-0.25, -0.2) is 0 Å². The zero-order chi connectivity index (χ0) is 13.8. The van der Waals surface area contributed by atoms with E-state index in [1.165, 1.54) is 0 Å². The molecule has 5 heteroatoms. The average molecular weight is 255 g/mol. The standard InChI is InChI=1S/C13H25N3O2/c1-13(2,3)16-11(17)6-7-15-12(18)8-10(14)9-4-5-9/h9-10H,4-8,14H2,1-3H3,(H,15,18)(H,16,17). The lowest BCUT2D eigenvalue weighted by atomic mass is 10.1. The second-order valence-electron chi connectivity index (χ2n) is 6.10. The molecule has 0 aromatic carbocycles. The monoisotopic (exact) mass is 255 g/mol. The normalized spacial score (nSPS) is 17.1. The van der Waals surface area contributed by atoms with Crippen LogP contribution < -0.4 is 16.4 Å². The van der Waals surface area contributed by atoms with Crippen LogP contribution in [-0.2, 0) is 9.59 Å². The summed E-state index contributed by atoms with van der Waals surface area (Å²) in [5, 5.41) is 5.58. The highest BCUT2D eigenvalue weighted by Crippen LogP contribution is 2.32. The maximum atomic E-state index is 11.5. The quantitative estimate of drug-likeness (QED) is 0.647. The van der Waals surface area contributed by atoms with Gasteiger partial charge in [-0.1, -0.05) is 0 Å². The topological polar surface area (TPSA) is 84.2 Å². The van der Waals surface area contributed by atoms with Crippen molar-refractivity contribution in [1.29, 1.82) is 0 Å². The molecule has 0 aliphatic heterocycles. The van der Waals surface area contributed by atoms with Gasteiger partial charge in [-0.2, -0.15) is 0 Å². The Morgan fingerprint density at radius 3 is 2.39 bits per heavy atom. The van der Waals surface area contributed by atoms with E-state index in [4.69, 9.17) is 5.73 Å². The number of rotatable bonds is 6. The minimum absolute atomic E-state index is 0.0200. The van der Waals surface area contributed by atoms with Crippen molar-refractivity contribution in [2.45, 2.75) is 58.0 Å². The number of nitrogens with two attached hydrogens (primary N) is 1. The molecule has 104 valence electrons. The van der Waals surface area contributed by atoms with E-state index in [9.17, 15) is 9.59 Å². The van der Waals surface area contributed by atoms with Gasteiger partial charge in [-0.15, -0.1) is 0 Å². The number of carbonyl (C=O) groups excluding carboxylic acids is 2. The van der Waals surface area contributed by atoms with Gasteiger partial charge in [0.2, 0.25) is 11.8 Å². The van der Waals surface area contributed by atoms with Gasteiger partial charge in [0, 0.05) is 31.0 Å². The van der Waals surface area contributed by atoms with Crippen molar-refractivity contribution in [3.8, 4) is 0 Å². The summed E-state index contributed by atoms with van der Waals surface area (Å²) in [5.74, 6) is 0.423. The van der Waals surface area contributed by atoms with Crippen molar-refractivity contribution < 1.29 is 9.59 Å². The molecule has 1 aliphatic carbocycles. The highest BCUT2D eigenvalue weighted by Gasteiger charge is 2.29. The summed E-state index contributed by atoms with van der Waals surface area (Å²) in [7, 11) is 0. The third kappa shape index (κ3) is 6.59. The van der Waals surface area contributed by atoms with Crippen LogP contribution in [0.25, 0.3) is 0 Å². The minimum atomic E-state index is -0.227. The van der Waals surface area contributed by atoms with E-state index in [2.05, 4.69) is 10.6 Å². The molecule has 1 aliphatic rings. The first kappa shape index (κ1) is 15.0. The van der Waals surface area contributed by atoms with Gasteiger partial charge in [0.05, 0.1) is 0 Å². The summed E-state index contributed by atoms with van der Waals surface area (Å²) in [6.45, 7) is 6.16. The first-order valence-electron chi connectivity index (χ1n) is 6.61. The lowest BCUT2D eigenvalue weighted by Gasteiger charge is -2.20. The van der Waals surface area contributed by atoms with Gasteiger partial charge in [-0.05, 0) is 39.5 Å². The SMILES string of the molecule is CC(C)(C)NC(=O)CCNC(=O)CC(N)C1CC1. The number of nitrogens with one attached hydrogen (secondary N) is 2. The zero-order valence-electron chi connectivity index (χ0n) is 11.6. The Kier molecular flexibility index (Phi) is 5.14. The van der Waals surface area contributed by atoms with E-state index in [-0.39, 0.29) is 23.4 Å². The molecule has 1 saturated carbocycles. The van der Waals surface area contributed by atoms with E-state index >= 15 is 0 Å². The third-order valence-electron chi connectivity index (χ3n) is 2.84. The molecule has 2 amide bonds. The highest BCUT2D eigenvalue weighted by molar-refractivity contribution is 5.79. The Hall–Kier alpha value is -1.10. The molecule has 0 spiro atoms. The van der Waals surface area contributed by atoms with Crippen LogP contribution in [0.1, 0.15) is 46.5 Å². The number of hydrogen-bond donors (Lipinski definition) is 3. The lowest BCUT2D eigenvalue weighted by molar-refractivity contribution is -0.123. The second-order valence-corrected chi connectivity index (χ2v) is 6.10. The molecule has 4 N–H and O–H groups in total. The molecule has 18 heavy (non-hydrogen) atoms. The van der Waals surface area contributed by atoms with Gasteiger partial charge >= 0.3 is 0 Å². The predicted octanol–water partition coefficient (Wildman–Crippen LogP) is 0.535. The van der Waals surface area contributed by atoms with Gasteiger partial charge in [-0.3, -0.25) is 9.59 Å². The molecular formula is C13H25N3O2. The maximum Gasteiger partial charge on any atom is 0.222 e. The average Bonchev–Trinajstić information content (AvgIpc) is 2.96. The van der Waals surface area contributed by atoms with Crippen molar-refractivity contribution in [2.24, 2.45) is 11.7 Å². The van der Waals surface area contributed by atoms with Crippen molar-refractivity contribution in [3.05, 3.63) is 0 Å². The summed E-state index contributed by atoms with van der Waals surface area (Å²) in [5.41, 5.74) is 5.63. The van der Waals surface area contributed by atoms with E-state index < -0.39 is 0 Å². The van der Waals surface area contributed by atoms with Crippen molar-refractivity contribution in [2.75, 3.05) is 6.54 Å². The van der Waals surface area contributed by atoms with E-state index in [0.29, 0.717) is 25.3 Å². The second kappa shape index (κ2) is 6.18. The molecule has 1 unspecified atom stereocenters. The molecular weight excluding hydrogens is 230 g/mol. The molecule has 5 nitrogen and oxygen atoms in total. The molecule has 0 bridgehead atoms. The highest BCUT2D eigenvalue weighted by atomic mass is 16.2. The summed E-state index contributed by atoms with van der Waals surface area (Å²) < 4.78 is 0. The van der Waals surface area contributed by atoms with Crippen LogP contribution in [0.2, 0.25) is 0 Å². The molecule has 0 aromatic heterocycles. The Labute approximate surface area is 109 Å². The lowest BCUT2D eigenvalue weighted by Crippen LogP contribution is -2.42. The van der Waals surface area contributed by atoms with Crippen molar-refractivity contribution >= 4 is 11.8 Å². The van der Waals surface area contributed by atoms with Crippen molar-refractivity contribution in [3.63, 3.8) is 0 Å². The van der Waals surface area contributed by atoms with Gasteiger partial charge in [0.25, 0.3) is 0 Å². The third-order valence-corrected chi connectivity index (χ3v) is 2.84. The fourth-order valence-electron chi connectivity index (χ4n) is 1.77. The van der Waals surface area contributed by atoms with Gasteiger partial charge in [0.15, 0.2) is 0 Å². The van der Waals surface area contributed by atoms with E-state index in [0.717, 1.165) is 12.8 Å². The molecule has 0 aromatic rings. The fraction of sp³-hybridized carbons (Fsp3) is 0.846. The van der Waals surface area contributed by atoms with Crippen LogP contribution >= 0.6 is 0 Å². The van der Waals surface area contributed by atoms with Crippen LogP contribution in [0, 0.1) is 5.92 Å². The van der Waals surface area contributed by atoms with E-state index in [1.54, 1.807) is 0 Å². The Bertz CT molecular complexity index is 306. The van der Waals surface area contributed by atoms with Crippen LogP contribution in [0.15, 0.2) is 0 Å².